The van der Waals surface area contributed by atoms with E-state index in [1.165, 1.54) is 0 Å². The summed E-state index contributed by atoms with van der Waals surface area (Å²) >= 11 is 0. The summed E-state index contributed by atoms with van der Waals surface area (Å²) in [7, 11) is 1.66. The Hall–Kier alpha value is -0.570. The van der Waals surface area contributed by atoms with Crippen LogP contribution in [-0.2, 0) is 4.79 Å². The second-order valence-corrected chi connectivity index (χ2v) is 3.19. The van der Waals surface area contributed by atoms with Crippen molar-refractivity contribution in [3.63, 3.8) is 0 Å². The molecule has 1 unspecified atom stereocenters. The smallest absolute Gasteiger partial charge is 0.236 e. The fraction of sp³-hybridized carbons (Fsp3) is 0.889. The Kier molecular flexibility index (Phi) is 5.72. The minimum absolute atomic E-state index is 0.0537. The van der Waals surface area contributed by atoms with Crippen LogP contribution in [-0.4, -0.2) is 25.0 Å². The van der Waals surface area contributed by atoms with E-state index in [2.05, 4.69) is 24.5 Å². The van der Waals surface area contributed by atoms with E-state index in [9.17, 15) is 4.79 Å². The van der Waals surface area contributed by atoms with Crippen molar-refractivity contribution in [3.8, 4) is 0 Å². The SMILES string of the molecule is CCCC(C)N[C@H](C)C(=O)NC. The number of carbonyl (C=O) groups is 1. The zero-order valence-electron chi connectivity index (χ0n) is 8.48. The maximum Gasteiger partial charge on any atom is 0.236 e. The summed E-state index contributed by atoms with van der Waals surface area (Å²) in [6.45, 7) is 6.12. The molecule has 0 saturated carbocycles. The molecule has 0 saturated heterocycles. The first-order valence-corrected chi connectivity index (χ1v) is 4.59. The van der Waals surface area contributed by atoms with Crippen LogP contribution >= 0.6 is 0 Å². The summed E-state index contributed by atoms with van der Waals surface area (Å²) in [4.78, 5) is 11.1. The Morgan fingerprint density at radius 3 is 2.42 bits per heavy atom. The lowest BCUT2D eigenvalue weighted by atomic mass is 10.1. The van der Waals surface area contributed by atoms with Crippen LogP contribution in [0.25, 0.3) is 0 Å². The van der Waals surface area contributed by atoms with Crippen molar-refractivity contribution < 1.29 is 4.79 Å². The summed E-state index contributed by atoms with van der Waals surface area (Å²) < 4.78 is 0. The molecule has 3 nitrogen and oxygen atoms in total. The molecule has 0 bridgehead atoms. The number of hydrogen-bond acceptors (Lipinski definition) is 2. The maximum absolute atomic E-state index is 11.1. The molecular formula is C9H20N2O. The Bertz CT molecular complexity index is 136. The number of nitrogens with one attached hydrogen (secondary N) is 2. The van der Waals surface area contributed by atoms with Gasteiger partial charge in [-0.1, -0.05) is 13.3 Å². The van der Waals surface area contributed by atoms with Gasteiger partial charge in [0.1, 0.15) is 0 Å². The summed E-state index contributed by atoms with van der Waals surface area (Å²) in [6.07, 6.45) is 2.26. The highest BCUT2D eigenvalue weighted by atomic mass is 16.2. The molecule has 0 aromatic rings. The number of likely N-dealkylation sites (N-methyl/N-ethyl adjacent to an activating group) is 1. The lowest BCUT2D eigenvalue weighted by Gasteiger charge is -2.17. The molecule has 0 aromatic heterocycles. The molecule has 2 atom stereocenters. The topological polar surface area (TPSA) is 41.1 Å². The van der Waals surface area contributed by atoms with Gasteiger partial charge in [0.2, 0.25) is 5.91 Å². The zero-order valence-corrected chi connectivity index (χ0v) is 8.48. The minimum Gasteiger partial charge on any atom is -0.358 e. The predicted octanol–water partition coefficient (Wildman–Crippen LogP) is 0.899. The van der Waals surface area contributed by atoms with E-state index >= 15 is 0 Å². The lowest BCUT2D eigenvalue weighted by molar-refractivity contribution is -0.122. The van der Waals surface area contributed by atoms with Crippen molar-refractivity contribution in [2.75, 3.05) is 7.05 Å². The van der Waals surface area contributed by atoms with E-state index in [1.54, 1.807) is 7.05 Å². The molecule has 0 rings (SSSR count). The van der Waals surface area contributed by atoms with Crippen molar-refractivity contribution in [2.45, 2.75) is 45.7 Å². The summed E-state index contributed by atoms with van der Waals surface area (Å²) in [5, 5.41) is 5.83. The first-order valence-electron chi connectivity index (χ1n) is 4.59. The van der Waals surface area contributed by atoms with E-state index in [0.717, 1.165) is 12.8 Å². The maximum atomic E-state index is 11.1. The zero-order chi connectivity index (χ0) is 9.56. The van der Waals surface area contributed by atoms with Crippen molar-refractivity contribution >= 4 is 5.91 Å². The number of amides is 1. The second kappa shape index (κ2) is 6.00. The number of carbonyl (C=O) groups excluding carboxylic acids is 1. The van der Waals surface area contributed by atoms with Crippen molar-refractivity contribution in [2.24, 2.45) is 0 Å². The summed E-state index contributed by atoms with van der Waals surface area (Å²) in [6, 6.07) is 0.332. The van der Waals surface area contributed by atoms with Crippen molar-refractivity contribution in [3.05, 3.63) is 0 Å². The fourth-order valence-electron chi connectivity index (χ4n) is 1.24. The highest BCUT2D eigenvalue weighted by molar-refractivity contribution is 5.80. The van der Waals surface area contributed by atoms with Gasteiger partial charge in [-0.25, -0.2) is 0 Å². The first-order chi connectivity index (χ1) is 5.61. The van der Waals surface area contributed by atoms with Crippen LogP contribution in [0, 0.1) is 0 Å². The van der Waals surface area contributed by atoms with Gasteiger partial charge < -0.3 is 10.6 Å². The first kappa shape index (κ1) is 11.4. The molecule has 3 heteroatoms. The van der Waals surface area contributed by atoms with Gasteiger partial charge in [-0.2, -0.15) is 0 Å². The molecule has 12 heavy (non-hydrogen) atoms. The van der Waals surface area contributed by atoms with Crippen LogP contribution in [0.1, 0.15) is 33.6 Å². The highest BCUT2D eigenvalue weighted by Crippen LogP contribution is 1.96. The normalized spacial score (nSPS) is 15.3. The van der Waals surface area contributed by atoms with Gasteiger partial charge in [0.25, 0.3) is 0 Å². The molecule has 0 heterocycles. The molecule has 0 spiro atoms. The third-order valence-corrected chi connectivity index (χ3v) is 1.90. The molecule has 1 amide bonds. The Labute approximate surface area is 74.9 Å². The van der Waals surface area contributed by atoms with E-state index < -0.39 is 0 Å². The number of rotatable bonds is 5. The predicted molar refractivity (Wildman–Crippen MR) is 51.0 cm³/mol. The quantitative estimate of drug-likeness (QED) is 0.647. The molecule has 72 valence electrons. The van der Waals surface area contributed by atoms with Crippen LogP contribution in [0.15, 0.2) is 0 Å². The van der Waals surface area contributed by atoms with Gasteiger partial charge >= 0.3 is 0 Å². The van der Waals surface area contributed by atoms with E-state index in [-0.39, 0.29) is 11.9 Å². The van der Waals surface area contributed by atoms with Crippen LogP contribution in [0.3, 0.4) is 0 Å². The standard InChI is InChI=1S/C9H20N2O/c1-5-6-7(2)11-8(3)9(12)10-4/h7-8,11H,5-6H2,1-4H3,(H,10,12)/t7?,8-/m1/s1. The van der Waals surface area contributed by atoms with E-state index in [1.807, 2.05) is 6.92 Å². The third-order valence-electron chi connectivity index (χ3n) is 1.90. The Morgan fingerprint density at radius 2 is 2.00 bits per heavy atom. The Morgan fingerprint density at radius 1 is 1.42 bits per heavy atom. The van der Waals surface area contributed by atoms with Gasteiger partial charge in [-0.15, -0.1) is 0 Å². The molecule has 0 aliphatic carbocycles. The average molecular weight is 172 g/mol. The second-order valence-electron chi connectivity index (χ2n) is 3.19. The largest absolute Gasteiger partial charge is 0.358 e. The minimum atomic E-state index is -0.0865. The van der Waals surface area contributed by atoms with Gasteiger partial charge in [-0.3, -0.25) is 4.79 Å². The summed E-state index contributed by atoms with van der Waals surface area (Å²) in [5.41, 5.74) is 0. The summed E-state index contributed by atoms with van der Waals surface area (Å²) in [5.74, 6) is 0.0537. The van der Waals surface area contributed by atoms with Crippen molar-refractivity contribution in [1.29, 1.82) is 0 Å². The van der Waals surface area contributed by atoms with E-state index in [4.69, 9.17) is 0 Å². The Balaban J connectivity index is 3.67. The molecular weight excluding hydrogens is 152 g/mol. The lowest BCUT2D eigenvalue weighted by Crippen LogP contribution is -2.44. The highest BCUT2D eigenvalue weighted by Gasteiger charge is 2.12. The van der Waals surface area contributed by atoms with Crippen LogP contribution in [0.4, 0.5) is 0 Å². The fourth-order valence-corrected chi connectivity index (χ4v) is 1.24. The molecule has 2 N–H and O–H groups in total. The molecule has 0 aromatic carbocycles. The van der Waals surface area contributed by atoms with Crippen LogP contribution < -0.4 is 10.6 Å². The molecule has 0 aliphatic rings. The van der Waals surface area contributed by atoms with Crippen LogP contribution in [0.5, 0.6) is 0 Å². The molecule has 0 radical (unpaired) electrons. The van der Waals surface area contributed by atoms with E-state index in [0.29, 0.717) is 6.04 Å². The van der Waals surface area contributed by atoms with Gasteiger partial charge in [0.05, 0.1) is 6.04 Å². The monoisotopic (exact) mass is 172 g/mol. The van der Waals surface area contributed by atoms with Crippen LogP contribution in [0.2, 0.25) is 0 Å². The van der Waals surface area contributed by atoms with Gasteiger partial charge in [0.15, 0.2) is 0 Å². The van der Waals surface area contributed by atoms with Crippen molar-refractivity contribution in [1.82, 2.24) is 10.6 Å². The van der Waals surface area contributed by atoms with Gasteiger partial charge in [-0.05, 0) is 20.3 Å². The number of hydrogen-bond donors (Lipinski definition) is 2. The third kappa shape index (κ3) is 4.34. The molecule has 0 fully saturated rings. The average Bonchev–Trinajstić information content (AvgIpc) is 2.03. The van der Waals surface area contributed by atoms with Gasteiger partial charge in [0, 0.05) is 13.1 Å². The molecule has 0 aliphatic heterocycles.